The molecule has 234 valence electrons. The van der Waals surface area contributed by atoms with Crippen LogP contribution in [0.4, 0.5) is 4.79 Å². The number of unbranched alkanes of at least 4 members (excludes halogenated alkanes) is 1. The van der Waals surface area contributed by atoms with Gasteiger partial charge in [-0.25, -0.2) is 18.2 Å². The van der Waals surface area contributed by atoms with Crippen LogP contribution in [0.2, 0.25) is 0 Å². The maximum absolute atomic E-state index is 13.7. The van der Waals surface area contributed by atoms with Crippen LogP contribution in [0.3, 0.4) is 0 Å². The number of carbonyl (C=O) groups excluding carboxylic acids is 3. The maximum Gasteiger partial charge on any atom is 0.318 e. The Morgan fingerprint density at radius 3 is 2.21 bits per heavy atom. The number of oxazole rings is 1. The molecule has 2 atom stereocenters. The molecular weight excluding hydrogens is 576 g/mol. The van der Waals surface area contributed by atoms with Crippen molar-refractivity contribution in [2.45, 2.75) is 44.0 Å². The average Bonchev–Trinajstić information content (AvgIpc) is 3.43. The average molecular weight is 617 g/mol. The topological polar surface area (TPSA) is 157 Å². The number of ether oxygens (including phenoxy) is 2. The molecular formula is C30H40N4O8S. The minimum absolute atomic E-state index is 0.162. The van der Waals surface area contributed by atoms with Crippen molar-refractivity contribution in [2.75, 3.05) is 46.3 Å². The highest BCUT2D eigenvalue weighted by atomic mass is 32.2. The van der Waals surface area contributed by atoms with Gasteiger partial charge in [-0.05, 0) is 24.1 Å². The summed E-state index contributed by atoms with van der Waals surface area (Å²) in [5.41, 5.74) is 1.47. The molecule has 12 nitrogen and oxygen atoms in total. The molecule has 0 bridgehead atoms. The van der Waals surface area contributed by atoms with Crippen LogP contribution in [0.25, 0.3) is 11.1 Å². The second kappa shape index (κ2) is 16.7. The maximum atomic E-state index is 13.7. The molecule has 0 aliphatic carbocycles. The van der Waals surface area contributed by atoms with Gasteiger partial charge in [0.1, 0.15) is 11.6 Å². The molecule has 0 saturated heterocycles. The largest absolute Gasteiger partial charge is 0.434 e. The van der Waals surface area contributed by atoms with E-state index in [1.165, 1.54) is 19.1 Å². The zero-order valence-electron chi connectivity index (χ0n) is 24.8. The summed E-state index contributed by atoms with van der Waals surface area (Å²) in [5.74, 6) is -2.53. The molecule has 3 rings (SSSR count). The van der Waals surface area contributed by atoms with Gasteiger partial charge in [0.15, 0.2) is 15.4 Å². The smallest absolute Gasteiger partial charge is 0.318 e. The van der Waals surface area contributed by atoms with Crippen LogP contribution in [0.15, 0.2) is 59.0 Å². The first-order valence-electron chi connectivity index (χ1n) is 14.1. The number of fused-ring (bicyclic) bond motifs is 1. The normalized spacial score (nSPS) is 12.9. The number of nitrogens with one attached hydrogen (secondary N) is 2. The lowest BCUT2D eigenvalue weighted by Crippen LogP contribution is -2.57. The van der Waals surface area contributed by atoms with E-state index in [9.17, 15) is 22.8 Å². The fourth-order valence-electron chi connectivity index (χ4n) is 4.36. The van der Waals surface area contributed by atoms with Gasteiger partial charge in [-0.2, -0.15) is 0 Å². The number of aromatic nitrogens is 1. The molecule has 0 radical (unpaired) electrons. The number of carbonyl (C=O) groups is 3. The summed E-state index contributed by atoms with van der Waals surface area (Å²) in [6.45, 7) is 2.76. The Morgan fingerprint density at radius 2 is 1.58 bits per heavy atom. The Balaban J connectivity index is 1.86. The molecule has 2 N–H and O–H groups in total. The van der Waals surface area contributed by atoms with Gasteiger partial charge >= 0.3 is 6.03 Å². The first-order valence-corrected chi connectivity index (χ1v) is 16.0. The predicted molar refractivity (Wildman–Crippen MR) is 161 cm³/mol. The van der Waals surface area contributed by atoms with E-state index in [1.54, 1.807) is 54.6 Å². The third kappa shape index (κ3) is 10.4. The Bertz CT molecular complexity index is 1400. The van der Waals surface area contributed by atoms with E-state index in [4.69, 9.17) is 13.9 Å². The van der Waals surface area contributed by atoms with Gasteiger partial charge in [-0.15, -0.1) is 0 Å². The number of Topliss-reactive ketones (excluding diaryl/α,β-unsaturated/α-hetero) is 1. The monoisotopic (exact) mass is 616 g/mol. The minimum Gasteiger partial charge on any atom is -0.434 e. The van der Waals surface area contributed by atoms with Gasteiger partial charge in [0.05, 0.1) is 30.8 Å². The number of amides is 3. The Hall–Kier alpha value is -3.81. The molecule has 0 aliphatic heterocycles. The lowest BCUT2D eigenvalue weighted by atomic mass is 10.0. The van der Waals surface area contributed by atoms with Gasteiger partial charge in [-0.3, -0.25) is 9.59 Å². The fraction of sp³-hybridized carbons (Fsp3) is 0.467. The molecule has 1 aromatic heterocycles. The second-order valence-corrected chi connectivity index (χ2v) is 12.2. The summed E-state index contributed by atoms with van der Waals surface area (Å²) >= 11 is 0. The van der Waals surface area contributed by atoms with Gasteiger partial charge < -0.3 is 29.4 Å². The highest BCUT2D eigenvalue weighted by Crippen LogP contribution is 2.18. The Labute approximate surface area is 252 Å². The molecule has 0 fully saturated rings. The van der Waals surface area contributed by atoms with Crippen LogP contribution in [0.1, 0.15) is 42.4 Å². The molecule has 0 spiro atoms. The van der Waals surface area contributed by atoms with Gasteiger partial charge in [0, 0.05) is 27.3 Å². The van der Waals surface area contributed by atoms with Crippen LogP contribution >= 0.6 is 0 Å². The highest BCUT2D eigenvalue weighted by molar-refractivity contribution is 7.90. The highest BCUT2D eigenvalue weighted by Gasteiger charge is 2.33. The van der Waals surface area contributed by atoms with Crippen molar-refractivity contribution in [3.8, 4) is 0 Å². The third-order valence-electron chi connectivity index (χ3n) is 6.67. The van der Waals surface area contributed by atoms with Crippen LogP contribution in [-0.2, 0) is 29.9 Å². The number of sulfone groups is 1. The summed E-state index contributed by atoms with van der Waals surface area (Å²) < 4.78 is 42.3. The van der Waals surface area contributed by atoms with E-state index < -0.39 is 45.4 Å². The van der Waals surface area contributed by atoms with E-state index in [-0.39, 0.29) is 44.4 Å². The molecule has 3 aromatic rings. The number of hydrogen-bond acceptors (Lipinski definition) is 9. The summed E-state index contributed by atoms with van der Waals surface area (Å²) in [6.07, 6.45) is 1.61. The van der Waals surface area contributed by atoms with Crippen molar-refractivity contribution in [3.63, 3.8) is 0 Å². The van der Waals surface area contributed by atoms with Crippen LogP contribution in [-0.4, -0.2) is 94.4 Å². The van der Waals surface area contributed by atoms with Crippen molar-refractivity contribution in [2.24, 2.45) is 0 Å². The number of hydrogen-bond donors (Lipinski definition) is 2. The van der Waals surface area contributed by atoms with Crippen molar-refractivity contribution in [1.29, 1.82) is 0 Å². The van der Waals surface area contributed by atoms with Crippen LogP contribution in [0.5, 0.6) is 0 Å². The number of ketones is 1. The van der Waals surface area contributed by atoms with E-state index in [0.717, 1.165) is 6.42 Å². The second-order valence-electron chi connectivity index (χ2n) is 10.1. The number of nitrogens with zero attached hydrogens (tertiary/aromatic N) is 2. The van der Waals surface area contributed by atoms with Gasteiger partial charge in [-0.1, -0.05) is 62.2 Å². The summed E-state index contributed by atoms with van der Waals surface area (Å²) in [4.78, 5) is 46.0. The van der Waals surface area contributed by atoms with Crippen LogP contribution < -0.4 is 10.6 Å². The fourth-order valence-corrected chi connectivity index (χ4v) is 5.92. The molecule has 1 heterocycles. The van der Waals surface area contributed by atoms with Crippen molar-refractivity contribution in [1.82, 2.24) is 20.5 Å². The van der Waals surface area contributed by atoms with E-state index >= 15 is 0 Å². The lowest BCUT2D eigenvalue weighted by molar-refractivity contribution is -0.123. The molecule has 0 saturated carbocycles. The third-order valence-corrected chi connectivity index (χ3v) is 8.28. The van der Waals surface area contributed by atoms with E-state index in [0.29, 0.717) is 23.1 Å². The number of urea groups is 1. The molecule has 43 heavy (non-hydrogen) atoms. The predicted octanol–water partition coefficient (Wildman–Crippen LogP) is 2.97. The van der Waals surface area contributed by atoms with E-state index in [2.05, 4.69) is 15.6 Å². The summed E-state index contributed by atoms with van der Waals surface area (Å²) in [7, 11) is -0.907. The number of para-hydroxylation sites is 2. The first kappa shape index (κ1) is 33.7. The van der Waals surface area contributed by atoms with Crippen molar-refractivity contribution in [3.05, 3.63) is 66.1 Å². The Kier molecular flexibility index (Phi) is 13.1. The summed E-state index contributed by atoms with van der Waals surface area (Å²) in [6, 6.07) is 12.2. The zero-order chi connectivity index (χ0) is 31.2. The first-order chi connectivity index (χ1) is 20.7. The molecule has 2 aromatic carbocycles. The number of rotatable bonds is 18. The van der Waals surface area contributed by atoms with Gasteiger partial charge in [0.25, 0.3) is 5.89 Å². The van der Waals surface area contributed by atoms with Crippen molar-refractivity contribution >= 4 is 38.7 Å². The SMILES string of the molecule is CCCC[C@H](NC(=O)C(CS(=O)(=O)Cc1ccccc1)NC(=O)N(CCOC)CCOC)C(=O)c1nc2ccccc2o1. The molecule has 3 amide bonds. The van der Waals surface area contributed by atoms with Crippen LogP contribution in [0, 0.1) is 0 Å². The quantitative estimate of drug-likeness (QED) is 0.205. The minimum atomic E-state index is -3.89. The number of benzene rings is 2. The molecule has 0 aliphatic rings. The zero-order valence-corrected chi connectivity index (χ0v) is 25.6. The Morgan fingerprint density at radius 1 is 0.930 bits per heavy atom. The molecule has 13 heteroatoms. The number of methoxy groups -OCH3 is 2. The lowest BCUT2D eigenvalue weighted by Gasteiger charge is -2.27. The van der Waals surface area contributed by atoms with Crippen molar-refractivity contribution < 1.29 is 36.7 Å². The summed E-state index contributed by atoms with van der Waals surface area (Å²) in [5, 5.41) is 5.25. The molecule has 1 unspecified atom stereocenters. The van der Waals surface area contributed by atoms with E-state index in [1.807, 2.05) is 6.92 Å². The standard InChI is InChI=1S/C30H40N4O8S/c1-4-5-13-24(27(35)29-32-23-14-9-10-15-26(23)42-29)31-28(36)25(21-43(38,39)20-22-11-7-6-8-12-22)33-30(37)34(16-18-40-2)17-19-41-3/h6-12,14-15,24-25H,4-5,13,16-21H2,1-3H3,(H,31,36)(H,33,37)/t24-,25?/m0/s1. The van der Waals surface area contributed by atoms with Gasteiger partial charge in [0.2, 0.25) is 11.7 Å².